The molecule has 0 aromatic heterocycles. The molecule has 5 nitrogen and oxygen atoms in total. The van der Waals surface area contributed by atoms with Gasteiger partial charge < -0.3 is 1.43 Å². The summed E-state index contributed by atoms with van der Waals surface area (Å²) in [4.78, 5) is 10.0. The van der Waals surface area contributed by atoms with Gasteiger partial charge in [0.1, 0.15) is 6.29 Å². The van der Waals surface area contributed by atoms with Gasteiger partial charge in [-0.3, -0.25) is 13.9 Å². The Morgan fingerprint density at radius 1 is 1.14 bits per heavy atom. The van der Waals surface area contributed by atoms with Crippen LogP contribution in [0.1, 0.15) is 11.8 Å². The second-order valence-corrected chi connectivity index (χ2v) is 2.87. The quantitative estimate of drug-likeness (QED) is 0.328. The SMILES string of the molecule is O=Cc1ccccc1.O=S(=O)(O)O.[H-].[Na+]. The van der Waals surface area contributed by atoms with Crippen molar-refractivity contribution in [3.05, 3.63) is 35.9 Å². The molecular weight excluding hydrogens is 219 g/mol. The summed E-state index contributed by atoms with van der Waals surface area (Å²) in [6, 6.07) is 9.10. The number of aldehydes is 1. The first-order chi connectivity index (χ1) is 5.93. The zero-order chi connectivity index (χ0) is 10.3. The van der Waals surface area contributed by atoms with Gasteiger partial charge in [0, 0.05) is 5.56 Å². The molecular formula is C7H9NaO5S. The van der Waals surface area contributed by atoms with Crippen molar-refractivity contribution in [1.82, 2.24) is 0 Å². The third-order valence-corrected chi connectivity index (χ3v) is 0.936. The van der Waals surface area contributed by atoms with Crippen molar-refractivity contribution in [2.24, 2.45) is 0 Å². The zero-order valence-corrected chi connectivity index (χ0v) is 10.3. The van der Waals surface area contributed by atoms with Crippen LogP contribution in [0.25, 0.3) is 0 Å². The Morgan fingerprint density at radius 2 is 1.50 bits per heavy atom. The molecule has 0 spiro atoms. The van der Waals surface area contributed by atoms with Gasteiger partial charge in [0.05, 0.1) is 0 Å². The van der Waals surface area contributed by atoms with E-state index in [0.717, 1.165) is 11.8 Å². The van der Waals surface area contributed by atoms with Crippen molar-refractivity contribution in [3.63, 3.8) is 0 Å². The molecule has 2 N–H and O–H groups in total. The molecule has 0 bridgehead atoms. The zero-order valence-electron chi connectivity index (χ0n) is 8.49. The van der Waals surface area contributed by atoms with Crippen LogP contribution in [0.2, 0.25) is 0 Å². The monoisotopic (exact) mass is 228 g/mol. The number of hydrogen-bond acceptors (Lipinski definition) is 3. The predicted molar refractivity (Wildman–Crippen MR) is 47.1 cm³/mol. The van der Waals surface area contributed by atoms with Gasteiger partial charge in [0.15, 0.2) is 0 Å². The van der Waals surface area contributed by atoms with Crippen molar-refractivity contribution in [2.45, 2.75) is 0 Å². The second kappa shape index (κ2) is 8.10. The van der Waals surface area contributed by atoms with Crippen LogP contribution in [-0.2, 0) is 10.4 Å². The van der Waals surface area contributed by atoms with E-state index >= 15 is 0 Å². The van der Waals surface area contributed by atoms with Crippen LogP contribution < -0.4 is 29.6 Å². The molecule has 0 aliphatic rings. The van der Waals surface area contributed by atoms with E-state index < -0.39 is 10.4 Å². The minimum absolute atomic E-state index is 0. The van der Waals surface area contributed by atoms with Gasteiger partial charge in [-0.05, 0) is 0 Å². The smallest absolute Gasteiger partial charge is 1.00 e. The summed E-state index contributed by atoms with van der Waals surface area (Å²) in [6.45, 7) is 0. The standard InChI is InChI=1S/C7H6O.Na.H2O4S.H/c8-6-7-4-2-1-3-5-7;;1-5(2,3)4;/h1-6H;;(H2,1,2,3,4);/q;+1;;-1. The van der Waals surface area contributed by atoms with Gasteiger partial charge in [-0.15, -0.1) is 0 Å². The molecule has 0 unspecified atom stereocenters. The second-order valence-electron chi connectivity index (χ2n) is 1.98. The van der Waals surface area contributed by atoms with E-state index in [1.807, 2.05) is 18.2 Å². The summed E-state index contributed by atoms with van der Waals surface area (Å²) in [5, 5.41) is 0. The van der Waals surface area contributed by atoms with Gasteiger partial charge in [0.2, 0.25) is 0 Å². The van der Waals surface area contributed by atoms with Gasteiger partial charge in [-0.1, -0.05) is 30.3 Å². The largest absolute Gasteiger partial charge is 1.00 e. The molecule has 14 heavy (non-hydrogen) atoms. The van der Waals surface area contributed by atoms with Crippen molar-refractivity contribution in [3.8, 4) is 0 Å². The molecule has 7 heteroatoms. The fourth-order valence-corrected chi connectivity index (χ4v) is 0.532. The number of rotatable bonds is 1. The van der Waals surface area contributed by atoms with E-state index in [1.54, 1.807) is 12.1 Å². The fourth-order valence-electron chi connectivity index (χ4n) is 0.532. The normalized spacial score (nSPS) is 9.00. The van der Waals surface area contributed by atoms with E-state index in [2.05, 4.69) is 0 Å². The van der Waals surface area contributed by atoms with Crippen molar-refractivity contribution in [1.29, 1.82) is 0 Å². The third kappa shape index (κ3) is 14.3. The van der Waals surface area contributed by atoms with Gasteiger partial charge in [0.25, 0.3) is 0 Å². The van der Waals surface area contributed by atoms with Crippen LogP contribution in [0.3, 0.4) is 0 Å². The Kier molecular flexibility index (Phi) is 9.37. The number of carbonyl (C=O) groups is 1. The molecule has 74 valence electrons. The Bertz CT molecular complexity index is 345. The first-order valence-corrected chi connectivity index (χ1v) is 4.53. The molecule has 0 saturated heterocycles. The molecule has 0 heterocycles. The van der Waals surface area contributed by atoms with Crippen LogP contribution in [0.15, 0.2) is 30.3 Å². The maximum absolute atomic E-state index is 10.0. The van der Waals surface area contributed by atoms with Gasteiger partial charge >= 0.3 is 40.0 Å². The summed E-state index contributed by atoms with van der Waals surface area (Å²) < 4.78 is 31.6. The molecule has 0 aliphatic heterocycles. The van der Waals surface area contributed by atoms with E-state index in [0.29, 0.717) is 0 Å². The first-order valence-electron chi connectivity index (χ1n) is 3.13. The molecule has 1 rings (SSSR count). The van der Waals surface area contributed by atoms with Crippen LogP contribution in [0.4, 0.5) is 0 Å². The molecule has 1 aromatic carbocycles. The average Bonchev–Trinajstić information content (AvgIpc) is 2.03. The minimum atomic E-state index is -4.67. The fraction of sp³-hybridized carbons (Fsp3) is 0. The summed E-state index contributed by atoms with van der Waals surface area (Å²) in [5.74, 6) is 0. The minimum Gasteiger partial charge on any atom is -1.00 e. The third-order valence-electron chi connectivity index (χ3n) is 0.936. The van der Waals surface area contributed by atoms with E-state index in [-0.39, 0.29) is 31.0 Å². The Labute approximate surface area is 105 Å². The summed E-state index contributed by atoms with van der Waals surface area (Å²) in [7, 11) is -4.67. The average molecular weight is 228 g/mol. The molecule has 1 aromatic rings. The summed E-state index contributed by atoms with van der Waals surface area (Å²) in [5.41, 5.74) is 0.729. The summed E-state index contributed by atoms with van der Waals surface area (Å²) >= 11 is 0. The Hall–Kier alpha value is -0.240. The molecule has 0 radical (unpaired) electrons. The van der Waals surface area contributed by atoms with E-state index in [1.165, 1.54) is 0 Å². The predicted octanol–water partition coefficient (Wildman–Crippen LogP) is -2.04. The van der Waals surface area contributed by atoms with Crippen molar-refractivity contribution in [2.75, 3.05) is 0 Å². The number of benzene rings is 1. The molecule has 0 aliphatic carbocycles. The van der Waals surface area contributed by atoms with Gasteiger partial charge in [-0.2, -0.15) is 8.42 Å². The number of hydrogen-bond donors (Lipinski definition) is 2. The van der Waals surface area contributed by atoms with Crippen LogP contribution in [-0.4, -0.2) is 23.8 Å². The topological polar surface area (TPSA) is 91.7 Å². The summed E-state index contributed by atoms with van der Waals surface area (Å²) in [6.07, 6.45) is 0.833. The van der Waals surface area contributed by atoms with Crippen LogP contribution in [0, 0.1) is 0 Å². The van der Waals surface area contributed by atoms with Crippen LogP contribution >= 0.6 is 0 Å². The first kappa shape index (κ1) is 16.2. The van der Waals surface area contributed by atoms with E-state index in [9.17, 15) is 4.79 Å². The van der Waals surface area contributed by atoms with Crippen molar-refractivity contribution < 1.29 is 53.3 Å². The maximum atomic E-state index is 10.0. The van der Waals surface area contributed by atoms with Crippen LogP contribution in [0.5, 0.6) is 0 Å². The van der Waals surface area contributed by atoms with E-state index in [4.69, 9.17) is 17.5 Å². The maximum Gasteiger partial charge on any atom is 1.00 e. The molecule has 0 amide bonds. The van der Waals surface area contributed by atoms with Gasteiger partial charge in [-0.25, -0.2) is 0 Å². The Balaban J connectivity index is -0.000000185. The molecule has 0 atom stereocenters. The molecule has 0 fully saturated rings. The number of carbonyl (C=O) groups excluding carboxylic acids is 1. The van der Waals surface area contributed by atoms with Crippen molar-refractivity contribution >= 4 is 16.7 Å². The molecule has 0 saturated carbocycles. The Morgan fingerprint density at radius 3 is 1.71 bits per heavy atom.